The molecule has 1 atom stereocenters. The van der Waals surface area contributed by atoms with Crippen LogP contribution in [0.5, 0.6) is 0 Å². The first-order chi connectivity index (χ1) is 5.66. The normalized spacial score (nSPS) is 22.8. The molecule has 1 saturated carbocycles. The molecule has 0 radical (unpaired) electrons. The quantitative estimate of drug-likeness (QED) is 0.669. The van der Waals surface area contributed by atoms with Crippen LogP contribution in [0.25, 0.3) is 0 Å². The fraction of sp³-hybridized carbons (Fsp3) is 1.00. The van der Waals surface area contributed by atoms with Gasteiger partial charge >= 0.3 is 0 Å². The third kappa shape index (κ3) is 1.80. The van der Waals surface area contributed by atoms with Gasteiger partial charge in [0.15, 0.2) is 0 Å². The highest BCUT2D eigenvalue weighted by molar-refractivity contribution is 5.02. The number of nitrogens with zero attached hydrogens (tertiary/aromatic N) is 1. The van der Waals surface area contributed by atoms with E-state index in [9.17, 15) is 0 Å². The second kappa shape index (κ2) is 3.75. The highest BCUT2D eigenvalue weighted by atomic mass is 15.1. The Labute approximate surface area is 76.3 Å². The monoisotopic (exact) mass is 170 g/mol. The van der Waals surface area contributed by atoms with Crippen LogP contribution in [-0.2, 0) is 0 Å². The van der Waals surface area contributed by atoms with E-state index in [2.05, 4.69) is 38.3 Å². The van der Waals surface area contributed by atoms with Gasteiger partial charge in [0.2, 0.25) is 0 Å². The molecule has 2 heteroatoms. The molecule has 12 heavy (non-hydrogen) atoms. The van der Waals surface area contributed by atoms with Crippen molar-refractivity contribution >= 4 is 0 Å². The summed E-state index contributed by atoms with van der Waals surface area (Å²) >= 11 is 0. The van der Waals surface area contributed by atoms with Gasteiger partial charge in [0.1, 0.15) is 0 Å². The van der Waals surface area contributed by atoms with E-state index >= 15 is 0 Å². The fourth-order valence-electron chi connectivity index (χ4n) is 2.49. The maximum Gasteiger partial charge on any atom is 0.0155 e. The standard InChI is InChI=1S/C10H22N2/c1-5-9(12(3)4)10(6-7-10)8-11-2/h9,11H,5-8H2,1-4H3. The van der Waals surface area contributed by atoms with Crippen LogP contribution in [0.3, 0.4) is 0 Å². The average molecular weight is 170 g/mol. The van der Waals surface area contributed by atoms with Crippen molar-refractivity contribution in [1.82, 2.24) is 10.2 Å². The Morgan fingerprint density at radius 2 is 2.00 bits per heavy atom. The number of hydrogen-bond acceptors (Lipinski definition) is 2. The molecule has 72 valence electrons. The van der Waals surface area contributed by atoms with Crippen LogP contribution in [0, 0.1) is 5.41 Å². The minimum absolute atomic E-state index is 0.604. The SMILES string of the molecule is CCC(N(C)C)C1(CNC)CC1. The van der Waals surface area contributed by atoms with Crippen LogP contribution in [0.15, 0.2) is 0 Å². The van der Waals surface area contributed by atoms with Gasteiger partial charge in [0.05, 0.1) is 0 Å². The minimum atomic E-state index is 0.604. The molecule has 1 N–H and O–H groups in total. The first-order valence-corrected chi connectivity index (χ1v) is 4.97. The van der Waals surface area contributed by atoms with Crippen molar-refractivity contribution in [3.05, 3.63) is 0 Å². The summed E-state index contributed by atoms with van der Waals surface area (Å²) < 4.78 is 0. The van der Waals surface area contributed by atoms with E-state index in [4.69, 9.17) is 0 Å². The number of hydrogen-bond donors (Lipinski definition) is 1. The lowest BCUT2D eigenvalue weighted by Crippen LogP contribution is -2.40. The summed E-state index contributed by atoms with van der Waals surface area (Å²) in [4.78, 5) is 2.38. The molecule has 0 aromatic rings. The fourth-order valence-corrected chi connectivity index (χ4v) is 2.49. The van der Waals surface area contributed by atoms with Gasteiger partial charge in [0, 0.05) is 12.6 Å². The molecule has 0 aliphatic heterocycles. The van der Waals surface area contributed by atoms with E-state index in [1.807, 2.05) is 0 Å². The molecule has 1 unspecified atom stereocenters. The van der Waals surface area contributed by atoms with Gasteiger partial charge in [-0.15, -0.1) is 0 Å². The predicted molar refractivity (Wildman–Crippen MR) is 53.4 cm³/mol. The van der Waals surface area contributed by atoms with Crippen LogP contribution >= 0.6 is 0 Å². The van der Waals surface area contributed by atoms with Gasteiger partial charge in [0.25, 0.3) is 0 Å². The molecular formula is C10H22N2. The van der Waals surface area contributed by atoms with E-state index in [0.29, 0.717) is 5.41 Å². The zero-order valence-electron chi connectivity index (χ0n) is 8.85. The van der Waals surface area contributed by atoms with Crippen LogP contribution < -0.4 is 5.32 Å². The summed E-state index contributed by atoms with van der Waals surface area (Å²) in [6.07, 6.45) is 4.09. The Kier molecular flexibility index (Phi) is 3.13. The first-order valence-electron chi connectivity index (χ1n) is 4.97. The molecule has 0 saturated heterocycles. The maximum absolute atomic E-state index is 3.31. The molecule has 2 nitrogen and oxygen atoms in total. The summed E-state index contributed by atoms with van der Waals surface area (Å²) in [5.41, 5.74) is 0.604. The average Bonchev–Trinajstić information content (AvgIpc) is 2.71. The smallest absolute Gasteiger partial charge is 0.0155 e. The Hall–Kier alpha value is -0.0800. The van der Waals surface area contributed by atoms with Crippen molar-refractivity contribution in [2.75, 3.05) is 27.7 Å². The van der Waals surface area contributed by atoms with Crippen molar-refractivity contribution in [3.63, 3.8) is 0 Å². The van der Waals surface area contributed by atoms with Gasteiger partial charge < -0.3 is 10.2 Å². The second-order valence-electron chi connectivity index (χ2n) is 4.28. The summed E-state index contributed by atoms with van der Waals surface area (Å²) in [5, 5.41) is 3.31. The highest BCUT2D eigenvalue weighted by Gasteiger charge is 2.48. The van der Waals surface area contributed by atoms with Gasteiger partial charge in [-0.1, -0.05) is 6.92 Å². The summed E-state index contributed by atoms with van der Waals surface area (Å²) in [5.74, 6) is 0. The molecule has 1 fully saturated rings. The molecule has 1 aliphatic carbocycles. The van der Waals surface area contributed by atoms with Gasteiger partial charge in [-0.3, -0.25) is 0 Å². The van der Waals surface area contributed by atoms with Crippen molar-refractivity contribution in [3.8, 4) is 0 Å². The molecule has 0 aromatic carbocycles. The Morgan fingerprint density at radius 1 is 1.42 bits per heavy atom. The van der Waals surface area contributed by atoms with Crippen LogP contribution in [0.1, 0.15) is 26.2 Å². The van der Waals surface area contributed by atoms with E-state index in [1.54, 1.807) is 0 Å². The molecule has 0 bridgehead atoms. The molecule has 0 heterocycles. The van der Waals surface area contributed by atoms with E-state index in [0.717, 1.165) is 6.04 Å². The van der Waals surface area contributed by atoms with Crippen molar-refractivity contribution in [1.29, 1.82) is 0 Å². The summed E-state index contributed by atoms with van der Waals surface area (Å²) in [7, 11) is 6.45. The zero-order valence-corrected chi connectivity index (χ0v) is 8.85. The third-order valence-corrected chi connectivity index (χ3v) is 3.14. The Bertz CT molecular complexity index is 139. The topological polar surface area (TPSA) is 15.3 Å². The summed E-state index contributed by atoms with van der Waals surface area (Å²) in [6.45, 7) is 3.48. The molecule has 1 aliphatic rings. The largest absolute Gasteiger partial charge is 0.319 e. The zero-order chi connectivity index (χ0) is 9.19. The van der Waals surface area contributed by atoms with Crippen molar-refractivity contribution in [2.24, 2.45) is 5.41 Å². The predicted octanol–water partition coefficient (Wildman–Crippen LogP) is 1.33. The van der Waals surface area contributed by atoms with E-state index in [1.165, 1.54) is 25.8 Å². The van der Waals surface area contributed by atoms with E-state index in [-0.39, 0.29) is 0 Å². The lowest BCUT2D eigenvalue weighted by atomic mass is 9.93. The highest BCUT2D eigenvalue weighted by Crippen LogP contribution is 2.50. The van der Waals surface area contributed by atoms with E-state index < -0.39 is 0 Å². The van der Waals surface area contributed by atoms with Crippen LogP contribution in [0.2, 0.25) is 0 Å². The molecular weight excluding hydrogens is 148 g/mol. The Morgan fingerprint density at radius 3 is 2.25 bits per heavy atom. The molecule has 1 rings (SSSR count). The molecule has 0 amide bonds. The number of rotatable bonds is 5. The van der Waals surface area contributed by atoms with Gasteiger partial charge in [-0.2, -0.15) is 0 Å². The van der Waals surface area contributed by atoms with Crippen molar-refractivity contribution in [2.45, 2.75) is 32.2 Å². The summed E-state index contributed by atoms with van der Waals surface area (Å²) in [6, 6.07) is 0.768. The molecule has 0 spiro atoms. The third-order valence-electron chi connectivity index (χ3n) is 3.14. The van der Waals surface area contributed by atoms with Crippen LogP contribution in [-0.4, -0.2) is 38.6 Å². The van der Waals surface area contributed by atoms with Gasteiger partial charge in [-0.05, 0) is 45.8 Å². The van der Waals surface area contributed by atoms with Crippen molar-refractivity contribution < 1.29 is 0 Å². The van der Waals surface area contributed by atoms with Gasteiger partial charge in [-0.25, -0.2) is 0 Å². The maximum atomic E-state index is 3.31. The second-order valence-corrected chi connectivity index (χ2v) is 4.28. The lowest BCUT2D eigenvalue weighted by Gasteiger charge is -2.31. The first kappa shape index (κ1) is 10.0. The lowest BCUT2D eigenvalue weighted by molar-refractivity contribution is 0.184. The molecule has 0 aromatic heterocycles. The van der Waals surface area contributed by atoms with Crippen LogP contribution in [0.4, 0.5) is 0 Å². The number of nitrogens with one attached hydrogen (secondary N) is 1. The Balaban J connectivity index is 2.52. The minimum Gasteiger partial charge on any atom is -0.319 e.